The Hall–Kier alpha value is -1.07. The van der Waals surface area contributed by atoms with Crippen molar-refractivity contribution in [2.24, 2.45) is 0 Å². The number of rotatable bonds is 4. The minimum atomic E-state index is -1.03. The average Bonchev–Trinajstić information content (AvgIpc) is 2.16. The van der Waals surface area contributed by atoms with Crippen LogP contribution in [0.5, 0.6) is 5.75 Å². The summed E-state index contributed by atoms with van der Waals surface area (Å²) in [4.78, 5) is 10.4. The molecule has 0 heterocycles. The van der Waals surface area contributed by atoms with Gasteiger partial charge < -0.3 is 14.9 Å². The van der Waals surface area contributed by atoms with E-state index >= 15 is 0 Å². The first-order chi connectivity index (χ1) is 7.04. The zero-order chi connectivity index (χ0) is 11.4. The maximum atomic E-state index is 10.4. The molecule has 1 aromatic rings. The molecule has 2 N–H and O–H groups in total. The highest BCUT2D eigenvalue weighted by Gasteiger charge is 2.13. The van der Waals surface area contributed by atoms with E-state index in [1.165, 1.54) is 7.11 Å². The number of aliphatic hydroxyl groups is 1. The van der Waals surface area contributed by atoms with E-state index in [9.17, 15) is 9.90 Å². The SMILES string of the molecule is COc1ccc(C(O)CC(=O)O)cc1Br. The summed E-state index contributed by atoms with van der Waals surface area (Å²) < 4.78 is 5.70. The van der Waals surface area contributed by atoms with E-state index in [0.717, 1.165) is 0 Å². The fourth-order valence-corrected chi connectivity index (χ4v) is 1.73. The summed E-state index contributed by atoms with van der Waals surface area (Å²) in [6.07, 6.45) is -1.30. The number of hydrogen-bond acceptors (Lipinski definition) is 3. The lowest BCUT2D eigenvalue weighted by atomic mass is 10.1. The van der Waals surface area contributed by atoms with Gasteiger partial charge in [-0.05, 0) is 33.6 Å². The summed E-state index contributed by atoms with van der Waals surface area (Å²) in [6.45, 7) is 0. The second-order valence-corrected chi connectivity index (χ2v) is 3.86. The number of aliphatic hydroxyl groups excluding tert-OH is 1. The summed E-state index contributed by atoms with van der Waals surface area (Å²) in [6, 6.07) is 4.95. The van der Waals surface area contributed by atoms with Crippen LogP contribution >= 0.6 is 15.9 Å². The molecule has 1 atom stereocenters. The Bertz CT molecular complexity index is 364. The summed E-state index contributed by atoms with van der Waals surface area (Å²) in [5, 5.41) is 18.1. The Morgan fingerprint density at radius 3 is 2.73 bits per heavy atom. The molecule has 0 aromatic heterocycles. The van der Waals surface area contributed by atoms with Gasteiger partial charge in [0.05, 0.1) is 24.1 Å². The summed E-state index contributed by atoms with van der Waals surface area (Å²) in [5.41, 5.74) is 0.546. The summed E-state index contributed by atoms with van der Waals surface area (Å²) >= 11 is 3.26. The van der Waals surface area contributed by atoms with Gasteiger partial charge in [0.25, 0.3) is 0 Å². The maximum absolute atomic E-state index is 10.4. The van der Waals surface area contributed by atoms with Gasteiger partial charge in [-0.1, -0.05) is 6.07 Å². The number of methoxy groups -OCH3 is 1. The van der Waals surface area contributed by atoms with Gasteiger partial charge in [0, 0.05) is 0 Å². The Morgan fingerprint density at radius 2 is 2.27 bits per heavy atom. The van der Waals surface area contributed by atoms with Crippen molar-refractivity contribution in [2.45, 2.75) is 12.5 Å². The van der Waals surface area contributed by atoms with Gasteiger partial charge in [-0.25, -0.2) is 0 Å². The van der Waals surface area contributed by atoms with E-state index in [2.05, 4.69) is 15.9 Å². The smallest absolute Gasteiger partial charge is 0.306 e. The molecule has 0 aliphatic carbocycles. The lowest BCUT2D eigenvalue weighted by Crippen LogP contribution is -2.05. The van der Waals surface area contributed by atoms with Gasteiger partial charge >= 0.3 is 5.97 Å². The van der Waals surface area contributed by atoms with Crippen molar-refractivity contribution in [2.75, 3.05) is 7.11 Å². The summed E-state index contributed by atoms with van der Waals surface area (Å²) in [7, 11) is 1.54. The largest absolute Gasteiger partial charge is 0.496 e. The third kappa shape index (κ3) is 3.21. The second kappa shape index (κ2) is 5.14. The number of carboxylic acid groups (broad SMARTS) is 1. The Morgan fingerprint density at radius 1 is 1.60 bits per heavy atom. The molecular weight excluding hydrogens is 264 g/mol. The van der Waals surface area contributed by atoms with Crippen molar-refractivity contribution in [1.82, 2.24) is 0 Å². The third-order valence-corrected chi connectivity index (χ3v) is 2.55. The van der Waals surface area contributed by atoms with Crippen LogP contribution in [0.2, 0.25) is 0 Å². The maximum Gasteiger partial charge on any atom is 0.306 e. The molecule has 0 aliphatic heterocycles. The predicted molar refractivity (Wildman–Crippen MR) is 57.9 cm³/mol. The number of carboxylic acids is 1. The average molecular weight is 275 g/mol. The number of aliphatic carboxylic acids is 1. The molecule has 5 heteroatoms. The molecule has 1 rings (SSSR count). The van der Waals surface area contributed by atoms with Crippen LogP contribution in [0.4, 0.5) is 0 Å². The molecule has 0 aliphatic rings. The van der Waals surface area contributed by atoms with Gasteiger partial charge in [0.15, 0.2) is 0 Å². The number of carbonyl (C=O) groups is 1. The van der Waals surface area contributed by atoms with Gasteiger partial charge in [-0.2, -0.15) is 0 Å². The molecule has 0 saturated carbocycles. The van der Waals surface area contributed by atoms with Crippen LogP contribution in [-0.2, 0) is 4.79 Å². The highest BCUT2D eigenvalue weighted by atomic mass is 79.9. The van der Waals surface area contributed by atoms with E-state index < -0.39 is 12.1 Å². The van der Waals surface area contributed by atoms with Crippen molar-refractivity contribution in [3.8, 4) is 5.75 Å². The second-order valence-electron chi connectivity index (χ2n) is 3.01. The molecule has 0 radical (unpaired) electrons. The molecule has 1 unspecified atom stereocenters. The molecule has 0 bridgehead atoms. The first-order valence-corrected chi connectivity index (χ1v) is 5.07. The van der Waals surface area contributed by atoms with E-state index in [1.54, 1.807) is 18.2 Å². The monoisotopic (exact) mass is 274 g/mol. The molecule has 82 valence electrons. The number of hydrogen-bond donors (Lipinski definition) is 2. The Balaban J connectivity index is 2.87. The predicted octanol–water partition coefficient (Wildman–Crippen LogP) is 1.97. The molecule has 0 amide bonds. The van der Waals surface area contributed by atoms with Gasteiger partial charge in [0.2, 0.25) is 0 Å². The van der Waals surface area contributed by atoms with Crippen molar-refractivity contribution in [3.63, 3.8) is 0 Å². The summed E-state index contributed by atoms with van der Waals surface area (Å²) in [5.74, 6) is -0.393. The Labute approximate surface area is 95.6 Å². The standard InChI is InChI=1S/C10H11BrO4/c1-15-9-3-2-6(4-7(9)11)8(12)5-10(13)14/h2-4,8,12H,5H2,1H3,(H,13,14). The zero-order valence-electron chi connectivity index (χ0n) is 8.11. The molecule has 15 heavy (non-hydrogen) atoms. The van der Waals surface area contributed by atoms with Gasteiger partial charge in [-0.15, -0.1) is 0 Å². The first kappa shape index (κ1) is 12.0. The minimum absolute atomic E-state index is 0.307. The molecule has 4 nitrogen and oxygen atoms in total. The minimum Gasteiger partial charge on any atom is -0.496 e. The van der Waals surface area contributed by atoms with Gasteiger partial charge in [-0.3, -0.25) is 4.79 Å². The number of benzene rings is 1. The normalized spacial score (nSPS) is 12.2. The van der Waals surface area contributed by atoms with Crippen LogP contribution in [0.15, 0.2) is 22.7 Å². The van der Waals surface area contributed by atoms with Crippen LogP contribution in [0.3, 0.4) is 0 Å². The number of halogens is 1. The van der Waals surface area contributed by atoms with Crippen LogP contribution in [0.25, 0.3) is 0 Å². The van der Waals surface area contributed by atoms with E-state index in [4.69, 9.17) is 9.84 Å². The van der Waals surface area contributed by atoms with Crippen molar-refractivity contribution in [1.29, 1.82) is 0 Å². The van der Waals surface area contributed by atoms with Crippen molar-refractivity contribution >= 4 is 21.9 Å². The fourth-order valence-electron chi connectivity index (χ4n) is 1.17. The van der Waals surface area contributed by atoms with Crippen LogP contribution in [0.1, 0.15) is 18.1 Å². The fraction of sp³-hybridized carbons (Fsp3) is 0.300. The lowest BCUT2D eigenvalue weighted by molar-refractivity contribution is -0.139. The topological polar surface area (TPSA) is 66.8 Å². The Kier molecular flexibility index (Phi) is 4.11. The quantitative estimate of drug-likeness (QED) is 0.881. The third-order valence-electron chi connectivity index (χ3n) is 1.93. The molecule has 0 fully saturated rings. The van der Waals surface area contributed by atoms with Crippen molar-refractivity contribution in [3.05, 3.63) is 28.2 Å². The van der Waals surface area contributed by atoms with Crippen LogP contribution in [-0.4, -0.2) is 23.3 Å². The molecule has 1 aromatic carbocycles. The highest BCUT2D eigenvalue weighted by Crippen LogP contribution is 2.28. The van der Waals surface area contributed by atoms with E-state index in [1.807, 2.05) is 0 Å². The van der Waals surface area contributed by atoms with E-state index in [-0.39, 0.29) is 6.42 Å². The van der Waals surface area contributed by atoms with Crippen LogP contribution in [0, 0.1) is 0 Å². The zero-order valence-corrected chi connectivity index (χ0v) is 9.69. The molecule has 0 saturated heterocycles. The first-order valence-electron chi connectivity index (χ1n) is 4.28. The lowest BCUT2D eigenvalue weighted by Gasteiger charge is -2.10. The van der Waals surface area contributed by atoms with E-state index in [0.29, 0.717) is 15.8 Å². The van der Waals surface area contributed by atoms with Crippen molar-refractivity contribution < 1.29 is 19.7 Å². The molecular formula is C10H11BrO4. The molecule has 0 spiro atoms. The highest BCUT2D eigenvalue weighted by molar-refractivity contribution is 9.10. The number of ether oxygens (including phenoxy) is 1. The van der Waals surface area contributed by atoms with Crippen LogP contribution < -0.4 is 4.74 Å². The van der Waals surface area contributed by atoms with Gasteiger partial charge in [0.1, 0.15) is 5.75 Å².